The third-order valence-electron chi connectivity index (χ3n) is 5.11. The number of carbonyl (C=O) groups is 1. The second kappa shape index (κ2) is 11.0. The first-order valence-electron chi connectivity index (χ1n) is 10.2. The number of nitrogens with zero attached hydrogens (tertiary/aromatic N) is 1. The van der Waals surface area contributed by atoms with E-state index in [1.165, 1.54) is 43.1 Å². The first kappa shape index (κ1) is 23.6. The smallest absolute Gasteiger partial charge is 0.257 e. The summed E-state index contributed by atoms with van der Waals surface area (Å²) in [6.45, 7) is 1.52. The number of nitrogens with one attached hydrogen (secondary N) is 1. The Kier molecular flexibility index (Phi) is 8.34. The second-order valence-corrected chi connectivity index (χ2v) is 10.1. The molecule has 31 heavy (non-hydrogen) atoms. The lowest BCUT2D eigenvalue weighted by molar-refractivity contribution is 0.0720. The minimum atomic E-state index is -3.79. The summed E-state index contributed by atoms with van der Waals surface area (Å²) in [5.74, 6) is 0.832. The van der Waals surface area contributed by atoms with Gasteiger partial charge in [-0.15, -0.1) is 0 Å². The number of halogens is 1. The van der Waals surface area contributed by atoms with Gasteiger partial charge in [-0.2, -0.15) is 11.8 Å². The average Bonchev–Trinajstić information content (AvgIpc) is 2.79. The lowest BCUT2D eigenvalue weighted by Crippen LogP contribution is -2.36. The van der Waals surface area contributed by atoms with Gasteiger partial charge in [0.05, 0.1) is 17.6 Å². The summed E-state index contributed by atoms with van der Waals surface area (Å²) in [6.07, 6.45) is 2.98. The van der Waals surface area contributed by atoms with Crippen molar-refractivity contribution in [3.8, 4) is 5.75 Å². The van der Waals surface area contributed by atoms with Crippen LogP contribution in [0.2, 0.25) is 0 Å². The van der Waals surface area contributed by atoms with E-state index in [2.05, 4.69) is 4.72 Å². The number of benzene rings is 2. The maximum Gasteiger partial charge on any atom is 0.257 e. The largest absolute Gasteiger partial charge is 0.496 e. The summed E-state index contributed by atoms with van der Waals surface area (Å²) in [5.41, 5.74) is 0.840. The van der Waals surface area contributed by atoms with Crippen molar-refractivity contribution in [3.05, 3.63) is 59.4 Å². The molecule has 2 aromatic rings. The van der Waals surface area contributed by atoms with Gasteiger partial charge in [0.15, 0.2) is 0 Å². The Bertz CT molecular complexity index is 1010. The van der Waals surface area contributed by atoms with Crippen LogP contribution in [0, 0.1) is 5.82 Å². The monoisotopic (exact) mass is 466 g/mol. The first-order valence-corrected chi connectivity index (χ1v) is 12.8. The molecule has 2 aromatic carbocycles. The number of sulfonamides is 1. The molecule has 0 atom stereocenters. The number of hydrogen-bond acceptors (Lipinski definition) is 5. The van der Waals surface area contributed by atoms with E-state index in [1.807, 2.05) is 0 Å². The van der Waals surface area contributed by atoms with Crippen LogP contribution in [0.4, 0.5) is 4.39 Å². The predicted molar refractivity (Wildman–Crippen MR) is 120 cm³/mol. The molecule has 0 unspecified atom stereocenters. The Morgan fingerprint density at radius 2 is 1.90 bits per heavy atom. The summed E-state index contributed by atoms with van der Waals surface area (Å²) >= 11 is 1.44. The van der Waals surface area contributed by atoms with Crippen molar-refractivity contribution in [1.29, 1.82) is 0 Å². The third-order valence-corrected chi connectivity index (χ3v) is 7.58. The maximum atomic E-state index is 13.6. The maximum absolute atomic E-state index is 13.6. The Morgan fingerprint density at radius 1 is 1.16 bits per heavy atom. The van der Waals surface area contributed by atoms with Gasteiger partial charge in [-0.1, -0.05) is 18.2 Å². The Morgan fingerprint density at radius 3 is 2.61 bits per heavy atom. The molecule has 168 valence electrons. The predicted octanol–water partition coefficient (Wildman–Crippen LogP) is 3.67. The molecule has 1 saturated heterocycles. The highest BCUT2D eigenvalue weighted by Crippen LogP contribution is 2.25. The van der Waals surface area contributed by atoms with Crippen LogP contribution in [0.3, 0.4) is 0 Å². The van der Waals surface area contributed by atoms with E-state index in [1.54, 1.807) is 23.1 Å². The minimum absolute atomic E-state index is 0.0211. The van der Waals surface area contributed by atoms with E-state index in [-0.39, 0.29) is 28.7 Å². The highest BCUT2D eigenvalue weighted by molar-refractivity contribution is 7.98. The van der Waals surface area contributed by atoms with Crippen LogP contribution in [0.25, 0.3) is 0 Å². The fourth-order valence-electron chi connectivity index (χ4n) is 3.42. The van der Waals surface area contributed by atoms with Gasteiger partial charge in [-0.3, -0.25) is 4.79 Å². The van der Waals surface area contributed by atoms with E-state index >= 15 is 0 Å². The van der Waals surface area contributed by atoms with Crippen molar-refractivity contribution in [2.75, 3.05) is 32.5 Å². The molecule has 9 heteroatoms. The van der Waals surface area contributed by atoms with E-state index < -0.39 is 10.0 Å². The molecular weight excluding hydrogens is 439 g/mol. The summed E-state index contributed by atoms with van der Waals surface area (Å²) < 4.78 is 46.9. The van der Waals surface area contributed by atoms with Crippen molar-refractivity contribution in [1.82, 2.24) is 9.62 Å². The fourth-order valence-corrected chi connectivity index (χ4v) is 5.45. The lowest BCUT2D eigenvalue weighted by Gasteiger charge is -2.27. The Balaban J connectivity index is 1.62. The van der Waals surface area contributed by atoms with Crippen LogP contribution in [0.15, 0.2) is 47.4 Å². The van der Waals surface area contributed by atoms with E-state index in [4.69, 9.17) is 4.74 Å². The number of piperidine rings is 1. The molecule has 1 fully saturated rings. The number of carbonyl (C=O) groups excluding carboxylic acids is 1. The fraction of sp³-hybridized carbons (Fsp3) is 0.409. The quantitative estimate of drug-likeness (QED) is 0.571. The second-order valence-electron chi connectivity index (χ2n) is 7.26. The van der Waals surface area contributed by atoms with E-state index in [0.29, 0.717) is 35.9 Å². The minimum Gasteiger partial charge on any atom is -0.496 e. The van der Waals surface area contributed by atoms with Crippen molar-refractivity contribution in [2.24, 2.45) is 0 Å². The molecule has 0 aromatic heterocycles. The van der Waals surface area contributed by atoms with Gasteiger partial charge in [0.25, 0.3) is 5.91 Å². The van der Waals surface area contributed by atoms with Crippen LogP contribution < -0.4 is 9.46 Å². The number of methoxy groups -OCH3 is 1. The summed E-state index contributed by atoms with van der Waals surface area (Å²) in [5, 5.41) is 0. The number of ether oxygens (including phenoxy) is 1. The van der Waals surface area contributed by atoms with Crippen LogP contribution in [0.1, 0.15) is 35.2 Å². The third kappa shape index (κ3) is 6.21. The molecule has 0 spiro atoms. The van der Waals surface area contributed by atoms with Gasteiger partial charge in [-0.25, -0.2) is 17.5 Å². The molecular formula is C22H27FN2O4S2. The molecule has 0 radical (unpaired) electrons. The van der Waals surface area contributed by atoms with Crippen LogP contribution >= 0.6 is 11.8 Å². The number of likely N-dealkylation sites (tertiary alicyclic amines) is 1. The molecule has 1 heterocycles. The molecule has 0 aliphatic carbocycles. The van der Waals surface area contributed by atoms with Gasteiger partial charge < -0.3 is 9.64 Å². The summed E-state index contributed by atoms with van der Waals surface area (Å²) in [6, 6.07) is 10.9. The van der Waals surface area contributed by atoms with Gasteiger partial charge in [-0.05, 0) is 49.1 Å². The molecule has 0 saturated carbocycles. The van der Waals surface area contributed by atoms with Crippen molar-refractivity contribution in [2.45, 2.75) is 29.9 Å². The first-order chi connectivity index (χ1) is 14.9. The van der Waals surface area contributed by atoms with Gasteiger partial charge >= 0.3 is 0 Å². The molecule has 6 nitrogen and oxygen atoms in total. The van der Waals surface area contributed by atoms with Crippen molar-refractivity contribution >= 4 is 27.7 Å². The molecule has 1 amide bonds. The van der Waals surface area contributed by atoms with Gasteiger partial charge in [0.1, 0.15) is 11.6 Å². The van der Waals surface area contributed by atoms with Crippen molar-refractivity contribution < 1.29 is 22.3 Å². The number of amides is 1. The summed E-state index contributed by atoms with van der Waals surface area (Å²) in [4.78, 5) is 14.7. The van der Waals surface area contributed by atoms with Crippen LogP contribution in [0.5, 0.6) is 5.75 Å². The molecule has 1 aliphatic rings. The Labute approximate surface area is 187 Å². The van der Waals surface area contributed by atoms with E-state index in [0.717, 1.165) is 19.3 Å². The highest BCUT2D eigenvalue weighted by Gasteiger charge is 2.24. The molecule has 0 bridgehead atoms. The van der Waals surface area contributed by atoms with Crippen LogP contribution in [-0.4, -0.2) is 51.7 Å². The van der Waals surface area contributed by atoms with Crippen LogP contribution in [-0.2, 0) is 15.8 Å². The standard InChI is InChI=1S/C22H27FN2O4S2/c1-29-21-10-9-18(15-19(21)22(26)25-12-5-2-6-13-25)31(27,28)24-11-14-30-16-17-7-3-4-8-20(17)23/h3-4,7-10,15,24H,2,5-6,11-14,16H2,1H3. The zero-order chi connectivity index (χ0) is 22.3. The number of thioether (sulfide) groups is 1. The summed E-state index contributed by atoms with van der Waals surface area (Å²) in [7, 11) is -2.33. The molecule has 1 aliphatic heterocycles. The zero-order valence-corrected chi connectivity index (χ0v) is 19.1. The van der Waals surface area contributed by atoms with Crippen molar-refractivity contribution in [3.63, 3.8) is 0 Å². The topological polar surface area (TPSA) is 75.7 Å². The SMILES string of the molecule is COc1ccc(S(=O)(=O)NCCSCc2ccccc2F)cc1C(=O)N1CCCCC1. The Hall–Kier alpha value is -2.10. The number of rotatable bonds is 9. The van der Waals surface area contributed by atoms with Gasteiger partial charge in [0.2, 0.25) is 10.0 Å². The molecule has 3 rings (SSSR count). The zero-order valence-electron chi connectivity index (χ0n) is 17.5. The molecule has 1 N–H and O–H groups in total. The normalized spacial score (nSPS) is 14.5. The lowest BCUT2D eigenvalue weighted by atomic mass is 10.1. The van der Waals surface area contributed by atoms with Gasteiger partial charge in [0, 0.05) is 31.1 Å². The highest BCUT2D eigenvalue weighted by atomic mass is 32.2. The number of hydrogen-bond donors (Lipinski definition) is 1. The average molecular weight is 467 g/mol. The van der Waals surface area contributed by atoms with E-state index in [9.17, 15) is 17.6 Å².